The lowest BCUT2D eigenvalue weighted by Crippen LogP contribution is -2.43. The van der Waals surface area contributed by atoms with Crippen LogP contribution in [0, 0.1) is 0 Å². The molecule has 0 radical (unpaired) electrons. The number of hydrogen-bond donors (Lipinski definition) is 3. The van der Waals surface area contributed by atoms with Gasteiger partial charge in [0, 0.05) is 24.3 Å². The Morgan fingerprint density at radius 3 is 2.47 bits per heavy atom. The molecular weight excluding hydrogens is 464 g/mol. The molecule has 0 bridgehead atoms. The Morgan fingerprint density at radius 1 is 1.11 bits per heavy atom. The molecule has 1 saturated heterocycles. The molecule has 1 aromatic carbocycles. The predicted molar refractivity (Wildman–Crippen MR) is 135 cm³/mol. The maximum absolute atomic E-state index is 12.5. The molecule has 1 atom stereocenters. The molecule has 36 heavy (non-hydrogen) atoms. The normalized spacial score (nSPS) is 14.8. The lowest BCUT2D eigenvalue weighted by Gasteiger charge is -2.28. The average Bonchev–Trinajstić information content (AvgIpc) is 2.83. The van der Waals surface area contributed by atoms with Crippen molar-refractivity contribution in [2.45, 2.75) is 39.3 Å². The van der Waals surface area contributed by atoms with Crippen LogP contribution in [0.1, 0.15) is 27.7 Å². The van der Waals surface area contributed by atoms with E-state index in [4.69, 9.17) is 20.2 Å². The van der Waals surface area contributed by atoms with Crippen molar-refractivity contribution in [1.29, 1.82) is 0 Å². The van der Waals surface area contributed by atoms with Gasteiger partial charge in [0.2, 0.25) is 11.9 Å². The third-order valence-corrected chi connectivity index (χ3v) is 5.29. The van der Waals surface area contributed by atoms with Crippen LogP contribution in [0.3, 0.4) is 0 Å². The van der Waals surface area contributed by atoms with Crippen LogP contribution in [-0.2, 0) is 14.3 Å². The molecule has 4 N–H and O–H groups in total. The Hall–Kier alpha value is -4.06. The fourth-order valence-corrected chi connectivity index (χ4v) is 3.57. The number of nitrogen functional groups attached to an aromatic ring is 1. The molecule has 0 unspecified atom stereocenters. The first-order chi connectivity index (χ1) is 17.1. The van der Waals surface area contributed by atoms with Crippen LogP contribution in [-0.4, -0.2) is 69.9 Å². The van der Waals surface area contributed by atoms with Gasteiger partial charge in [-0.15, -0.1) is 0 Å². The highest BCUT2D eigenvalue weighted by Gasteiger charge is 2.22. The summed E-state index contributed by atoms with van der Waals surface area (Å²) in [6.45, 7) is 9.38. The van der Waals surface area contributed by atoms with E-state index < -0.39 is 17.7 Å². The Morgan fingerprint density at radius 2 is 1.81 bits per heavy atom. The van der Waals surface area contributed by atoms with E-state index in [0.29, 0.717) is 54.7 Å². The molecule has 3 heterocycles. The van der Waals surface area contributed by atoms with Crippen LogP contribution in [0.25, 0.3) is 22.4 Å². The van der Waals surface area contributed by atoms with Gasteiger partial charge in [-0.05, 0) is 39.8 Å². The summed E-state index contributed by atoms with van der Waals surface area (Å²) in [5.41, 5.74) is 8.22. The Balaban J connectivity index is 1.48. The first-order valence-corrected chi connectivity index (χ1v) is 11.6. The summed E-state index contributed by atoms with van der Waals surface area (Å²) in [5, 5.41) is 5.30. The number of amides is 2. The summed E-state index contributed by atoms with van der Waals surface area (Å²) in [4.78, 5) is 44.3. The van der Waals surface area contributed by atoms with Crippen LogP contribution >= 0.6 is 0 Å². The minimum Gasteiger partial charge on any atom is -0.444 e. The molecule has 1 fully saturated rings. The van der Waals surface area contributed by atoms with E-state index in [2.05, 4.69) is 30.5 Å². The number of morpholine rings is 1. The fourth-order valence-electron chi connectivity index (χ4n) is 3.57. The monoisotopic (exact) mass is 494 g/mol. The highest BCUT2D eigenvalue weighted by Crippen LogP contribution is 2.26. The van der Waals surface area contributed by atoms with Crippen molar-refractivity contribution in [2.75, 3.05) is 42.3 Å². The van der Waals surface area contributed by atoms with Crippen LogP contribution in [0.15, 0.2) is 30.5 Å². The van der Waals surface area contributed by atoms with Crippen molar-refractivity contribution in [1.82, 2.24) is 25.3 Å². The first kappa shape index (κ1) is 25.0. The molecule has 0 aliphatic carbocycles. The van der Waals surface area contributed by atoms with Gasteiger partial charge in [-0.3, -0.25) is 4.79 Å². The molecule has 3 aromatic rings. The predicted octanol–water partition coefficient (Wildman–Crippen LogP) is 2.36. The Kier molecular flexibility index (Phi) is 7.15. The largest absolute Gasteiger partial charge is 0.444 e. The summed E-state index contributed by atoms with van der Waals surface area (Å²) < 4.78 is 10.6. The van der Waals surface area contributed by atoms with Gasteiger partial charge < -0.3 is 30.7 Å². The van der Waals surface area contributed by atoms with Crippen LogP contribution < -0.4 is 21.3 Å². The molecule has 4 rings (SSSR count). The third kappa shape index (κ3) is 6.13. The fraction of sp³-hybridized carbons (Fsp3) is 0.417. The highest BCUT2D eigenvalue weighted by atomic mass is 16.6. The second kappa shape index (κ2) is 10.3. The van der Waals surface area contributed by atoms with Gasteiger partial charge in [0.1, 0.15) is 11.6 Å². The van der Waals surface area contributed by atoms with Crippen molar-refractivity contribution >= 4 is 40.6 Å². The number of carbonyl (C=O) groups excluding carboxylic acids is 2. The maximum atomic E-state index is 12.5. The highest BCUT2D eigenvalue weighted by molar-refractivity contribution is 5.96. The number of ether oxygens (including phenoxy) is 2. The summed E-state index contributed by atoms with van der Waals surface area (Å²) in [7, 11) is 0. The number of nitrogens with two attached hydrogens (primary N) is 1. The zero-order valence-corrected chi connectivity index (χ0v) is 20.7. The lowest BCUT2D eigenvalue weighted by atomic mass is 10.1. The average molecular weight is 495 g/mol. The van der Waals surface area contributed by atoms with E-state index in [0.717, 1.165) is 5.56 Å². The van der Waals surface area contributed by atoms with Crippen LogP contribution in [0.2, 0.25) is 0 Å². The second-order valence-electron chi connectivity index (χ2n) is 9.37. The molecule has 2 aromatic heterocycles. The van der Waals surface area contributed by atoms with Gasteiger partial charge in [-0.2, -0.15) is 9.97 Å². The molecule has 190 valence electrons. The Bertz CT molecular complexity index is 1250. The van der Waals surface area contributed by atoms with Gasteiger partial charge >= 0.3 is 6.09 Å². The summed E-state index contributed by atoms with van der Waals surface area (Å²) in [6.07, 6.45) is 0.968. The number of nitrogens with one attached hydrogen (secondary N) is 2. The third-order valence-electron chi connectivity index (χ3n) is 5.29. The van der Waals surface area contributed by atoms with Crippen molar-refractivity contribution in [3.05, 3.63) is 30.5 Å². The lowest BCUT2D eigenvalue weighted by molar-refractivity contribution is -0.117. The minimum absolute atomic E-state index is 0.140. The van der Waals surface area contributed by atoms with E-state index in [-0.39, 0.29) is 11.9 Å². The van der Waals surface area contributed by atoms with Crippen molar-refractivity contribution in [3.8, 4) is 11.3 Å². The molecule has 1 aliphatic heterocycles. The van der Waals surface area contributed by atoms with E-state index in [9.17, 15) is 9.59 Å². The zero-order valence-electron chi connectivity index (χ0n) is 20.7. The topological polar surface area (TPSA) is 157 Å². The quantitative estimate of drug-likeness (QED) is 0.481. The van der Waals surface area contributed by atoms with Gasteiger partial charge in [0.25, 0.3) is 0 Å². The molecular formula is C24H30N8O4. The van der Waals surface area contributed by atoms with E-state index in [1.165, 1.54) is 0 Å². The Labute approximate surface area is 208 Å². The van der Waals surface area contributed by atoms with Crippen molar-refractivity contribution in [2.24, 2.45) is 0 Å². The molecule has 0 spiro atoms. The minimum atomic E-state index is -0.781. The molecule has 12 nitrogen and oxygen atoms in total. The molecule has 12 heteroatoms. The standard InChI is InChI=1S/C24H30N8O4/c1-14(27-23(34)36-24(2,3)4)21(33)28-16-7-5-15(6-8-16)17-13-26-19-18(29-17)20(31-22(25)30-19)32-9-11-35-12-10-32/h5-8,13-14H,9-12H2,1-4H3,(H,27,34)(H,28,33)(H2,25,26,30,31)/t14-/m0/s1. The number of alkyl carbamates (subject to hydrolysis) is 1. The number of rotatable bonds is 5. The smallest absolute Gasteiger partial charge is 0.408 e. The number of benzene rings is 1. The zero-order chi connectivity index (χ0) is 25.9. The number of anilines is 3. The molecule has 1 aliphatic rings. The van der Waals surface area contributed by atoms with Gasteiger partial charge in [-0.1, -0.05) is 12.1 Å². The van der Waals surface area contributed by atoms with Crippen LogP contribution in [0.5, 0.6) is 0 Å². The van der Waals surface area contributed by atoms with E-state index >= 15 is 0 Å². The van der Waals surface area contributed by atoms with Crippen molar-refractivity contribution < 1.29 is 19.1 Å². The summed E-state index contributed by atoms with van der Waals surface area (Å²) >= 11 is 0. The number of aromatic nitrogens is 4. The summed E-state index contributed by atoms with van der Waals surface area (Å²) in [6, 6.07) is 6.37. The SMILES string of the molecule is C[C@H](NC(=O)OC(C)(C)C)C(=O)Nc1ccc(-c2cnc3nc(N)nc(N4CCOCC4)c3n2)cc1. The van der Waals surface area contributed by atoms with Gasteiger partial charge in [0.05, 0.1) is 25.1 Å². The number of fused-ring (bicyclic) bond motifs is 1. The van der Waals surface area contributed by atoms with Crippen LogP contribution in [0.4, 0.5) is 22.2 Å². The van der Waals surface area contributed by atoms with Gasteiger partial charge in [0.15, 0.2) is 17.0 Å². The number of carbonyl (C=O) groups is 2. The summed E-state index contributed by atoms with van der Waals surface area (Å²) in [5.74, 6) is 0.399. The number of hydrogen-bond acceptors (Lipinski definition) is 10. The van der Waals surface area contributed by atoms with Crippen molar-refractivity contribution in [3.63, 3.8) is 0 Å². The molecule has 2 amide bonds. The maximum Gasteiger partial charge on any atom is 0.408 e. The second-order valence-corrected chi connectivity index (χ2v) is 9.37. The van der Waals surface area contributed by atoms with E-state index in [1.807, 2.05) is 12.1 Å². The van der Waals surface area contributed by atoms with Gasteiger partial charge in [-0.25, -0.2) is 14.8 Å². The van der Waals surface area contributed by atoms with E-state index in [1.54, 1.807) is 46.0 Å². The molecule has 0 saturated carbocycles. The number of nitrogens with zero attached hydrogens (tertiary/aromatic N) is 5. The first-order valence-electron chi connectivity index (χ1n) is 11.6.